The fourth-order valence-corrected chi connectivity index (χ4v) is 1.62. The summed E-state index contributed by atoms with van der Waals surface area (Å²) in [4.78, 5) is 23.8. The average Bonchev–Trinajstić information content (AvgIpc) is 2.59. The Labute approximate surface area is 99.4 Å². The van der Waals surface area contributed by atoms with E-state index in [4.69, 9.17) is 4.74 Å². The van der Waals surface area contributed by atoms with Crippen LogP contribution in [0.5, 0.6) is 0 Å². The number of carbonyl (C=O) groups excluding carboxylic acids is 2. The molecule has 3 amide bonds. The maximum Gasteiger partial charge on any atom is 0.324 e. The zero-order valence-electron chi connectivity index (χ0n) is 9.55. The third-order valence-electron chi connectivity index (χ3n) is 2.63. The molecule has 0 saturated carbocycles. The van der Waals surface area contributed by atoms with Crippen LogP contribution in [0.15, 0.2) is 30.3 Å². The van der Waals surface area contributed by atoms with E-state index in [1.807, 2.05) is 30.3 Å². The van der Waals surface area contributed by atoms with Gasteiger partial charge in [0.2, 0.25) is 0 Å². The second-order valence-corrected chi connectivity index (χ2v) is 3.90. The van der Waals surface area contributed by atoms with Crippen LogP contribution in [-0.4, -0.2) is 36.5 Å². The molecule has 1 aliphatic rings. The van der Waals surface area contributed by atoms with Gasteiger partial charge in [0.15, 0.2) is 0 Å². The van der Waals surface area contributed by atoms with E-state index in [0.717, 1.165) is 10.5 Å². The minimum absolute atomic E-state index is 0.198. The molecule has 1 aromatic carbocycles. The van der Waals surface area contributed by atoms with E-state index in [1.54, 1.807) is 0 Å². The zero-order chi connectivity index (χ0) is 12.3. The third kappa shape index (κ3) is 2.62. The third-order valence-corrected chi connectivity index (χ3v) is 2.63. The number of imide groups is 1. The predicted octanol–water partition coefficient (Wildman–Crippen LogP) is 0.753. The van der Waals surface area contributed by atoms with Crippen LogP contribution in [0.4, 0.5) is 4.79 Å². The van der Waals surface area contributed by atoms with Gasteiger partial charge in [0.05, 0.1) is 13.2 Å². The molecule has 1 heterocycles. The van der Waals surface area contributed by atoms with Gasteiger partial charge in [0, 0.05) is 7.05 Å². The number of nitrogens with one attached hydrogen (secondary N) is 1. The summed E-state index contributed by atoms with van der Waals surface area (Å²) >= 11 is 0. The molecule has 90 valence electrons. The number of carbonyl (C=O) groups is 2. The van der Waals surface area contributed by atoms with E-state index in [0.29, 0.717) is 6.61 Å². The molecule has 1 atom stereocenters. The molecular formula is C12H14N2O3. The second kappa shape index (κ2) is 4.97. The van der Waals surface area contributed by atoms with E-state index in [-0.39, 0.29) is 18.5 Å². The summed E-state index contributed by atoms with van der Waals surface area (Å²) in [5.41, 5.74) is 1.04. The molecule has 5 heteroatoms. The predicted molar refractivity (Wildman–Crippen MR) is 61.2 cm³/mol. The molecule has 1 saturated heterocycles. The molecule has 1 aromatic rings. The van der Waals surface area contributed by atoms with Crippen molar-refractivity contribution in [3.8, 4) is 0 Å². The number of rotatable bonds is 4. The largest absolute Gasteiger partial charge is 0.374 e. The molecule has 5 nitrogen and oxygen atoms in total. The van der Waals surface area contributed by atoms with Gasteiger partial charge in [-0.25, -0.2) is 4.79 Å². The highest BCUT2D eigenvalue weighted by molar-refractivity contribution is 6.03. The lowest BCUT2D eigenvalue weighted by Crippen LogP contribution is -2.33. The molecule has 1 unspecified atom stereocenters. The molecule has 0 radical (unpaired) electrons. The van der Waals surface area contributed by atoms with Crippen molar-refractivity contribution in [1.29, 1.82) is 0 Å². The fraction of sp³-hybridized carbons (Fsp3) is 0.333. The van der Waals surface area contributed by atoms with Crippen LogP contribution in [0.2, 0.25) is 0 Å². The summed E-state index contributed by atoms with van der Waals surface area (Å²) in [5.74, 6) is -0.247. The summed E-state index contributed by atoms with van der Waals surface area (Å²) in [5, 5.41) is 2.55. The SMILES string of the molecule is CN1C(=O)NC(COCc2ccccc2)C1=O. The highest BCUT2D eigenvalue weighted by atomic mass is 16.5. The Kier molecular flexibility index (Phi) is 3.39. The standard InChI is InChI=1S/C12H14N2O3/c1-14-11(15)10(13-12(14)16)8-17-7-9-5-3-2-4-6-9/h2-6,10H,7-8H2,1H3,(H,13,16). The first kappa shape index (κ1) is 11.6. The molecule has 0 aromatic heterocycles. The zero-order valence-corrected chi connectivity index (χ0v) is 9.55. The number of amides is 3. The Balaban J connectivity index is 1.80. The topological polar surface area (TPSA) is 58.6 Å². The van der Waals surface area contributed by atoms with Crippen molar-refractivity contribution in [3.63, 3.8) is 0 Å². The number of ether oxygens (including phenoxy) is 1. The van der Waals surface area contributed by atoms with Gasteiger partial charge in [-0.3, -0.25) is 9.69 Å². The van der Waals surface area contributed by atoms with Crippen molar-refractivity contribution in [2.75, 3.05) is 13.7 Å². The minimum atomic E-state index is -0.559. The number of nitrogens with zero attached hydrogens (tertiary/aromatic N) is 1. The number of hydrogen-bond donors (Lipinski definition) is 1. The molecule has 17 heavy (non-hydrogen) atoms. The molecule has 1 N–H and O–H groups in total. The number of urea groups is 1. The van der Waals surface area contributed by atoms with Crippen LogP contribution in [0.3, 0.4) is 0 Å². The maximum absolute atomic E-state index is 11.5. The highest BCUT2D eigenvalue weighted by Crippen LogP contribution is 2.06. The average molecular weight is 234 g/mol. The van der Waals surface area contributed by atoms with E-state index < -0.39 is 6.04 Å². The Bertz CT molecular complexity index is 419. The number of benzene rings is 1. The monoisotopic (exact) mass is 234 g/mol. The fourth-order valence-electron chi connectivity index (χ4n) is 1.62. The lowest BCUT2D eigenvalue weighted by molar-refractivity contribution is -0.127. The first-order valence-electron chi connectivity index (χ1n) is 5.38. The van der Waals surface area contributed by atoms with Gasteiger partial charge in [-0.15, -0.1) is 0 Å². The van der Waals surface area contributed by atoms with Gasteiger partial charge < -0.3 is 10.1 Å². The molecule has 0 bridgehead atoms. The van der Waals surface area contributed by atoms with Crippen LogP contribution in [0, 0.1) is 0 Å². The van der Waals surface area contributed by atoms with E-state index in [1.165, 1.54) is 7.05 Å². The van der Waals surface area contributed by atoms with Gasteiger partial charge >= 0.3 is 6.03 Å². The number of likely N-dealkylation sites (N-methyl/N-ethyl adjacent to an activating group) is 1. The second-order valence-electron chi connectivity index (χ2n) is 3.90. The van der Waals surface area contributed by atoms with E-state index in [2.05, 4.69) is 5.32 Å². The summed E-state index contributed by atoms with van der Waals surface area (Å²) in [6.45, 7) is 0.633. The molecule has 1 aliphatic heterocycles. The molecular weight excluding hydrogens is 220 g/mol. The Morgan fingerprint density at radius 2 is 2.00 bits per heavy atom. The Morgan fingerprint density at radius 3 is 2.59 bits per heavy atom. The molecule has 0 spiro atoms. The lowest BCUT2D eigenvalue weighted by atomic mass is 10.2. The van der Waals surface area contributed by atoms with Gasteiger partial charge in [-0.05, 0) is 5.56 Å². The first-order chi connectivity index (χ1) is 8.18. The van der Waals surface area contributed by atoms with Crippen LogP contribution >= 0.6 is 0 Å². The highest BCUT2D eigenvalue weighted by Gasteiger charge is 2.35. The summed E-state index contributed by atoms with van der Waals surface area (Å²) in [6.07, 6.45) is 0. The van der Waals surface area contributed by atoms with Crippen molar-refractivity contribution in [2.24, 2.45) is 0 Å². The van der Waals surface area contributed by atoms with Crippen molar-refractivity contribution < 1.29 is 14.3 Å². The van der Waals surface area contributed by atoms with Crippen molar-refractivity contribution >= 4 is 11.9 Å². The summed E-state index contributed by atoms with van der Waals surface area (Å²) in [7, 11) is 1.45. The van der Waals surface area contributed by atoms with Crippen LogP contribution in [-0.2, 0) is 16.1 Å². The van der Waals surface area contributed by atoms with Gasteiger partial charge in [0.25, 0.3) is 5.91 Å². The van der Waals surface area contributed by atoms with Crippen LogP contribution in [0.25, 0.3) is 0 Å². The van der Waals surface area contributed by atoms with Crippen molar-refractivity contribution in [1.82, 2.24) is 10.2 Å². The van der Waals surface area contributed by atoms with Crippen molar-refractivity contribution in [2.45, 2.75) is 12.6 Å². The first-order valence-corrected chi connectivity index (χ1v) is 5.38. The molecule has 2 rings (SSSR count). The lowest BCUT2D eigenvalue weighted by Gasteiger charge is -2.08. The smallest absolute Gasteiger partial charge is 0.324 e. The Hall–Kier alpha value is -1.88. The normalized spacial score (nSPS) is 19.6. The quantitative estimate of drug-likeness (QED) is 0.782. The van der Waals surface area contributed by atoms with Gasteiger partial charge in [-0.2, -0.15) is 0 Å². The van der Waals surface area contributed by atoms with Gasteiger partial charge in [-0.1, -0.05) is 30.3 Å². The van der Waals surface area contributed by atoms with Crippen molar-refractivity contribution in [3.05, 3.63) is 35.9 Å². The molecule has 1 fully saturated rings. The molecule has 0 aliphatic carbocycles. The Morgan fingerprint density at radius 1 is 1.29 bits per heavy atom. The van der Waals surface area contributed by atoms with E-state index >= 15 is 0 Å². The number of hydrogen-bond acceptors (Lipinski definition) is 3. The van der Waals surface area contributed by atoms with Crippen LogP contribution < -0.4 is 5.32 Å². The summed E-state index contributed by atoms with van der Waals surface area (Å²) in [6, 6.07) is 8.74. The summed E-state index contributed by atoms with van der Waals surface area (Å²) < 4.78 is 5.41. The van der Waals surface area contributed by atoms with Gasteiger partial charge in [0.1, 0.15) is 6.04 Å². The van der Waals surface area contributed by atoms with Crippen LogP contribution in [0.1, 0.15) is 5.56 Å². The van der Waals surface area contributed by atoms with E-state index in [9.17, 15) is 9.59 Å². The maximum atomic E-state index is 11.5. The minimum Gasteiger partial charge on any atom is -0.374 e.